The fourth-order valence-electron chi connectivity index (χ4n) is 2.43. The summed E-state index contributed by atoms with van der Waals surface area (Å²) < 4.78 is 25.2. The van der Waals surface area contributed by atoms with E-state index in [0.717, 1.165) is 16.3 Å². The van der Waals surface area contributed by atoms with Crippen molar-refractivity contribution in [2.75, 3.05) is 5.75 Å². The minimum absolute atomic E-state index is 0.00407. The number of sulfone groups is 1. The van der Waals surface area contributed by atoms with Crippen LogP contribution in [0.25, 0.3) is 16.8 Å². The second kappa shape index (κ2) is 6.16. The standard InChI is InChI=1S/C19H16O2S/c20-22(21,15-7-10-16-8-2-1-3-9-16)19-14-6-12-17-11-4-5-13-18(17)19/h1-14H,15H2/b10-7+. The van der Waals surface area contributed by atoms with Gasteiger partial charge in [0.15, 0.2) is 9.84 Å². The summed E-state index contributed by atoms with van der Waals surface area (Å²) >= 11 is 0. The monoisotopic (exact) mass is 308 g/mol. The number of benzene rings is 3. The van der Waals surface area contributed by atoms with Gasteiger partial charge < -0.3 is 0 Å². The topological polar surface area (TPSA) is 34.1 Å². The molecule has 0 heterocycles. The van der Waals surface area contributed by atoms with Gasteiger partial charge >= 0.3 is 0 Å². The molecular weight excluding hydrogens is 292 g/mol. The summed E-state index contributed by atoms with van der Waals surface area (Å²) in [6, 6.07) is 22.6. The Morgan fingerprint density at radius 1 is 0.773 bits per heavy atom. The molecule has 0 saturated heterocycles. The Bertz CT molecular complexity index is 905. The highest BCUT2D eigenvalue weighted by molar-refractivity contribution is 7.91. The minimum atomic E-state index is -3.34. The average molecular weight is 308 g/mol. The van der Waals surface area contributed by atoms with E-state index in [1.807, 2.05) is 66.7 Å². The van der Waals surface area contributed by atoms with Crippen LogP contribution in [0.2, 0.25) is 0 Å². The quantitative estimate of drug-likeness (QED) is 0.719. The maximum Gasteiger partial charge on any atom is 0.182 e. The van der Waals surface area contributed by atoms with Gasteiger partial charge in [-0.3, -0.25) is 0 Å². The molecule has 3 heteroatoms. The molecule has 0 bridgehead atoms. The van der Waals surface area contributed by atoms with Crippen LogP contribution in [-0.4, -0.2) is 14.2 Å². The van der Waals surface area contributed by atoms with Crippen LogP contribution in [0.1, 0.15) is 5.56 Å². The van der Waals surface area contributed by atoms with Crippen LogP contribution < -0.4 is 0 Å². The van der Waals surface area contributed by atoms with Crippen LogP contribution in [0.15, 0.2) is 83.8 Å². The molecule has 0 aromatic heterocycles. The molecule has 0 amide bonds. The highest BCUT2D eigenvalue weighted by atomic mass is 32.2. The Kier molecular flexibility index (Phi) is 4.07. The molecule has 0 fully saturated rings. The zero-order chi connectivity index (χ0) is 15.4. The van der Waals surface area contributed by atoms with E-state index < -0.39 is 9.84 Å². The Hall–Kier alpha value is -2.39. The maximum absolute atomic E-state index is 12.6. The van der Waals surface area contributed by atoms with E-state index in [2.05, 4.69) is 0 Å². The third-order valence-electron chi connectivity index (χ3n) is 3.51. The summed E-state index contributed by atoms with van der Waals surface area (Å²) in [7, 11) is -3.34. The molecule has 0 aliphatic carbocycles. The van der Waals surface area contributed by atoms with Crippen molar-refractivity contribution in [3.8, 4) is 0 Å². The highest BCUT2D eigenvalue weighted by Gasteiger charge is 2.15. The van der Waals surface area contributed by atoms with E-state index in [1.54, 1.807) is 18.2 Å². The van der Waals surface area contributed by atoms with Gasteiger partial charge in [0.25, 0.3) is 0 Å². The van der Waals surface area contributed by atoms with Crippen LogP contribution in [-0.2, 0) is 9.84 Å². The molecule has 0 spiro atoms. The van der Waals surface area contributed by atoms with Crippen LogP contribution in [0.5, 0.6) is 0 Å². The SMILES string of the molecule is O=S(=O)(C/C=C/c1ccccc1)c1cccc2ccccc12. The van der Waals surface area contributed by atoms with Gasteiger partial charge in [-0.25, -0.2) is 8.42 Å². The first-order valence-electron chi connectivity index (χ1n) is 7.09. The van der Waals surface area contributed by atoms with Crippen LogP contribution in [0, 0.1) is 0 Å². The van der Waals surface area contributed by atoms with Gasteiger partial charge in [-0.15, -0.1) is 0 Å². The first kappa shape index (κ1) is 14.5. The van der Waals surface area contributed by atoms with Crippen molar-refractivity contribution in [1.29, 1.82) is 0 Å². The lowest BCUT2D eigenvalue weighted by atomic mass is 10.1. The van der Waals surface area contributed by atoms with Gasteiger partial charge in [0.05, 0.1) is 10.6 Å². The second-order valence-electron chi connectivity index (χ2n) is 5.07. The van der Waals surface area contributed by atoms with Crippen LogP contribution >= 0.6 is 0 Å². The molecule has 110 valence electrons. The number of fused-ring (bicyclic) bond motifs is 1. The summed E-state index contributed by atoms with van der Waals surface area (Å²) in [5.74, 6) is -0.00407. The fourth-order valence-corrected chi connectivity index (χ4v) is 3.77. The van der Waals surface area contributed by atoms with Crippen molar-refractivity contribution in [2.24, 2.45) is 0 Å². The number of hydrogen-bond acceptors (Lipinski definition) is 2. The Morgan fingerprint density at radius 3 is 2.27 bits per heavy atom. The molecule has 3 aromatic carbocycles. The smallest absolute Gasteiger partial charge is 0.182 e. The average Bonchev–Trinajstić information content (AvgIpc) is 2.55. The van der Waals surface area contributed by atoms with Gasteiger partial charge in [-0.05, 0) is 17.0 Å². The van der Waals surface area contributed by atoms with Gasteiger partial charge in [0, 0.05) is 5.39 Å². The summed E-state index contributed by atoms with van der Waals surface area (Å²) in [5, 5.41) is 1.72. The number of hydrogen-bond donors (Lipinski definition) is 0. The van der Waals surface area contributed by atoms with Crippen molar-refractivity contribution in [1.82, 2.24) is 0 Å². The summed E-state index contributed by atoms with van der Waals surface area (Å²) in [4.78, 5) is 0.392. The minimum Gasteiger partial charge on any atom is -0.223 e. The molecule has 0 N–H and O–H groups in total. The molecule has 3 aromatic rings. The summed E-state index contributed by atoms with van der Waals surface area (Å²) in [6.07, 6.45) is 3.54. The Morgan fingerprint density at radius 2 is 1.45 bits per heavy atom. The lowest BCUT2D eigenvalue weighted by Gasteiger charge is -2.06. The molecule has 2 nitrogen and oxygen atoms in total. The fraction of sp³-hybridized carbons (Fsp3) is 0.0526. The maximum atomic E-state index is 12.6. The van der Waals surface area contributed by atoms with E-state index >= 15 is 0 Å². The normalized spacial score (nSPS) is 12.0. The predicted octanol–water partition coefficient (Wildman–Crippen LogP) is 4.33. The Labute approximate surface area is 130 Å². The zero-order valence-corrected chi connectivity index (χ0v) is 12.8. The van der Waals surface area contributed by atoms with Gasteiger partial charge in [-0.1, -0.05) is 78.9 Å². The molecule has 0 atom stereocenters. The largest absolute Gasteiger partial charge is 0.223 e. The Balaban J connectivity index is 1.91. The molecule has 0 saturated carbocycles. The number of rotatable bonds is 4. The highest BCUT2D eigenvalue weighted by Crippen LogP contribution is 2.23. The summed E-state index contributed by atoms with van der Waals surface area (Å²) in [6.45, 7) is 0. The van der Waals surface area contributed by atoms with Gasteiger partial charge in [0.1, 0.15) is 0 Å². The van der Waals surface area contributed by atoms with Crippen LogP contribution in [0.3, 0.4) is 0 Å². The molecule has 22 heavy (non-hydrogen) atoms. The molecule has 0 aliphatic rings. The molecule has 0 aliphatic heterocycles. The van der Waals surface area contributed by atoms with Crippen molar-refractivity contribution in [3.05, 3.63) is 84.4 Å². The van der Waals surface area contributed by atoms with Crippen LogP contribution in [0.4, 0.5) is 0 Å². The van der Waals surface area contributed by atoms with Crippen molar-refractivity contribution in [2.45, 2.75) is 4.90 Å². The van der Waals surface area contributed by atoms with E-state index in [0.29, 0.717) is 4.90 Å². The molecule has 3 rings (SSSR count). The van der Waals surface area contributed by atoms with Gasteiger partial charge in [0.2, 0.25) is 0 Å². The third-order valence-corrected chi connectivity index (χ3v) is 5.17. The molecule has 0 radical (unpaired) electrons. The van der Waals surface area contributed by atoms with Crippen molar-refractivity contribution < 1.29 is 8.42 Å². The van der Waals surface area contributed by atoms with E-state index in [1.165, 1.54) is 0 Å². The molecular formula is C19H16O2S. The van der Waals surface area contributed by atoms with E-state index in [9.17, 15) is 8.42 Å². The molecule has 0 unspecified atom stereocenters. The second-order valence-corrected chi connectivity index (χ2v) is 7.07. The third kappa shape index (κ3) is 3.10. The van der Waals surface area contributed by atoms with Gasteiger partial charge in [-0.2, -0.15) is 0 Å². The first-order valence-corrected chi connectivity index (χ1v) is 8.74. The van der Waals surface area contributed by atoms with Crippen molar-refractivity contribution in [3.63, 3.8) is 0 Å². The lowest BCUT2D eigenvalue weighted by molar-refractivity contribution is 0.600. The van der Waals surface area contributed by atoms with Crippen molar-refractivity contribution >= 4 is 26.7 Å². The van der Waals surface area contributed by atoms with E-state index in [-0.39, 0.29) is 5.75 Å². The lowest BCUT2D eigenvalue weighted by Crippen LogP contribution is -2.05. The summed E-state index contributed by atoms with van der Waals surface area (Å²) in [5.41, 5.74) is 0.996. The van der Waals surface area contributed by atoms with E-state index in [4.69, 9.17) is 0 Å². The predicted molar refractivity (Wildman–Crippen MR) is 91.5 cm³/mol. The zero-order valence-electron chi connectivity index (χ0n) is 12.0. The first-order chi connectivity index (χ1) is 10.7.